The molecule has 0 aromatic rings. The van der Waals surface area contributed by atoms with Crippen LogP contribution in [0.25, 0.3) is 0 Å². The average molecular weight is 237 g/mol. The van der Waals surface area contributed by atoms with Gasteiger partial charge in [-0.25, -0.2) is 0 Å². The lowest BCUT2D eigenvalue weighted by Gasteiger charge is -2.33. The monoisotopic (exact) mass is 237 g/mol. The van der Waals surface area contributed by atoms with E-state index in [9.17, 15) is 0 Å². The van der Waals surface area contributed by atoms with Crippen molar-refractivity contribution in [2.45, 2.75) is 56.7 Å². The number of likely N-dealkylation sites (tertiary alicyclic amines) is 2. The molecule has 2 atom stereocenters. The van der Waals surface area contributed by atoms with Crippen LogP contribution >= 0.6 is 0 Å². The van der Waals surface area contributed by atoms with Gasteiger partial charge in [0.05, 0.1) is 0 Å². The maximum absolute atomic E-state index is 3.81. The molecule has 1 N–H and O–H groups in total. The second kappa shape index (κ2) is 5.25. The van der Waals surface area contributed by atoms with Crippen LogP contribution in [0.4, 0.5) is 0 Å². The number of rotatable bonds is 4. The van der Waals surface area contributed by atoms with Crippen LogP contribution in [0.1, 0.15) is 38.5 Å². The minimum atomic E-state index is 0.769. The first kappa shape index (κ1) is 11.9. The van der Waals surface area contributed by atoms with E-state index in [-0.39, 0.29) is 0 Å². The van der Waals surface area contributed by atoms with Crippen molar-refractivity contribution in [1.29, 1.82) is 0 Å². The number of nitrogens with one attached hydrogen (secondary N) is 1. The SMILES string of the molecule is CN1CCCCC1CNC1CCN(C2CC2)C1. The van der Waals surface area contributed by atoms with Gasteiger partial charge < -0.3 is 10.2 Å². The fourth-order valence-corrected chi connectivity index (χ4v) is 3.43. The third-order valence-electron chi connectivity index (χ3n) is 4.85. The molecular weight excluding hydrogens is 210 g/mol. The average Bonchev–Trinajstić information content (AvgIpc) is 3.08. The zero-order valence-electron chi connectivity index (χ0n) is 11.2. The molecule has 2 aliphatic heterocycles. The Morgan fingerprint density at radius 1 is 1.06 bits per heavy atom. The van der Waals surface area contributed by atoms with E-state index in [0.717, 1.165) is 18.1 Å². The van der Waals surface area contributed by atoms with Crippen molar-refractivity contribution in [1.82, 2.24) is 15.1 Å². The molecule has 17 heavy (non-hydrogen) atoms. The predicted molar refractivity (Wildman–Crippen MR) is 71.3 cm³/mol. The Bertz CT molecular complexity index is 252. The Morgan fingerprint density at radius 2 is 1.94 bits per heavy atom. The molecule has 0 bridgehead atoms. The van der Waals surface area contributed by atoms with E-state index < -0.39 is 0 Å². The standard InChI is InChI=1S/C14H27N3/c1-16-8-3-2-4-14(16)10-15-12-7-9-17(11-12)13-5-6-13/h12-15H,2-11H2,1H3. The van der Waals surface area contributed by atoms with E-state index in [1.165, 1.54) is 64.7 Å². The molecular formula is C14H27N3. The van der Waals surface area contributed by atoms with Crippen molar-refractivity contribution in [3.8, 4) is 0 Å². The highest BCUT2D eigenvalue weighted by molar-refractivity contribution is 4.92. The lowest BCUT2D eigenvalue weighted by atomic mass is 10.0. The summed E-state index contributed by atoms with van der Waals surface area (Å²) in [5.41, 5.74) is 0. The molecule has 98 valence electrons. The normalized spacial score (nSPS) is 36.5. The van der Waals surface area contributed by atoms with Gasteiger partial charge in [0.15, 0.2) is 0 Å². The third kappa shape index (κ3) is 3.01. The molecule has 3 heteroatoms. The van der Waals surface area contributed by atoms with Gasteiger partial charge in [-0.05, 0) is 45.7 Å². The van der Waals surface area contributed by atoms with Crippen LogP contribution in [0, 0.1) is 0 Å². The Labute approximate surface area is 106 Å². The number of hydrogen-bond acceptors (Lipinski definition) is 3. The van der Waals surface area contributed by atoms with E-state index in [1.54, 1.807) is 0 Å². The molecule has 3 aliphatic rings. The second-order valence-electron chi connectivity index (χ2n) is 6.25. The first-order valence-electron chi connectivity index (χ1n) is 7.50. The van der Waals surface area contributed by atoms with Gasteiger partial charge in [0.1, 0.15) is 0 Å². The fourth-order valence-electron chi connectivity index (χ4n) is 3.43. The fraction of sp³-hybridized carbons (Fsp3) is 1.00. The minimum Gasteiger partial charge on any atom is -0.311 e. The summed E-state index contributed by atoms with van der Waals surface area (Å²) < 4.78 is 0. The van der Waals surface area contributed by atoms with Gasteiger partial charge in [-0.3, -0.25) is 4.90 Å². The molecule has 0 aromatic carbocycles. The second-order valence-corrected chi connectivity index (χ2v) is 6.25. The smallest absolute Gasteiger partial charge is 0.0217 e. The van der Waals surface area contributed by atoms with Crippen molar-refractivity contribution < 1.29 is 0 Å². The molecule has 3 rings (SSSR count). The summed E-state index contributed by atoms with van der Waals surface area (Å²) in [7, 11) is 2.29. The van der Waals surface area contributed by atoms with Crippen LogP contribution in [0.15, 0.2) is 0 Å². The van der Waals surface area contributed by atoms with E-state index >= 15 is 0 Å². The molecule has 3 fully saturated rings. The van der Waals surface area contributed by atoms with Crippen molar-refractivity contribution in [3.63, 3.8) is 0 Å². The number of nitrogens with zero attached hydrogens (tertiary/aromatic N) is 2. The summed E-state index contributed by atoms with van der Waals surface area (Å²) in [4.78, 5) is 5.24. The van der Waals surface area contributed by atoms with Gasteiger partial charge >= 0.3 is 0 Å². The quantitative estimate of drug-likeness (QED) is 0.795. The van der Waals surface area contributed by atoms with Crippen LogP contribution in [0.2, 0.25) is 0 Å². The summed E-state index contributed by atoms with van der Waals surface area (Å²) >= 11 is 0. The summed E-state index contributed by atoms with van der Waals surface area (Å²) in [6.07, 6.45) is 8.49. The molecule has 0 radical (unpaired) electrons. The van der Waals surface area contributed by atoms with Crippen LogP contribution in [0.3, 0.4) is 0 Å². The van der Waals surface area contributed by atoms with Gasteiger partial charge in [-0.1, -0.05) is 6.42 Å². The predicted octanol–water partition coefficient (Wildman–Crippen LogP) is 1.30. The highest BCUT2D eigenvalue weighted by atomic mass is 15.2. The molecule has 2 heterocycles. The summed E-state index contributed by atoms with van der Waals surface area (Å²) in [6.45, 7) is 5.15. The van der Waals surface area contributed by atoms with Crippen molar-refractivity contribution in [3.05, 3.63) is 0 Å². The largest absolute Gasteiger partial charge is 0.311 e. The van der Waals surface area contributed by atoms with Gasteiger partial charge in [0, 0.05) is 37.8 Å². The molecule has 0 aromatic heterocycles. The van der Waals surface area contributed by atoms with Crippen molar-refractivity contribution >= 4 is 0 Å². The van der Waals surface area contributed by atoms with Gasteiger partial charge in [0.25, 0.3) is 0 Å². The van der Waals surface area contributed by atoms with Gasteiger partial charge in [-0.2, -0.15) is 0 Å². The van der Waals surface area contributed by atoms with Crippen molar-refractivity contribution in [2.24, 2.45) is 0 Å². The topological polar surface area (TPSA) is 18.5 Å². The highest BCUT2D eigenvalue weighted by Crippen LogP contribution is 2.29. The maximum atomic E-state index is 3.81. The zero-order valence-corrected chi connectivity index (χ0v) is 11.2. The third-order valence-corrected chi connectivity index (χ3v) is 4.85. The highest BCUT2D eigenvalue weighted by Gasteiger charge is 2.34. The van der Waals surface area contributed by atoms with Gasteiger partial charge in [0.2, 0.25) is 0 Å². The Kier molecular flexibility index (Phi) is 3.69. The van der Waals surface area contributed by atoms with E-state index in [0.29, 0.717) is 0 Å². The van der Waals surface area contributed by atoms with E-state index in [1.807, 2.05) is 0 Å². The summed E-state index contributed by atoms with van der Waals surface area (Å²) in [6, 6.07) is 2.52. The summed E-state index contributed by atoms with van der Waals surface area (Å²) in [5, 5.41) is 3.81. The molecule has 0 spiro atoms. The minimum absolute atomic E-state index is 0.769. The maximum Gasteiger partial charge on any atom is 0.0217 e. The van der Waals surface area contributed by atoms with Crippen LogP contribution in [-0.4, -0.2) is 61.2 Å². The lowest BCUT2D eigenvalue weighted by molar-refractivity contribution is 0.177. The molecule has 1 saturated carbocycles. The molecule has 2 saturated heterocycles. The Morgan fingerprint density at radius 3 is 2.71 bits per heavy atom. The molecule has 2 unspecified atom stereocenters. The number of hydrogen-bond donors (Lipinski definition) is 1. The van der Waals surface area contributed by atoms with E-state index in [2.05, 4.69) is 22.2 Å². The Hall–Kier alpha value is -0.120. The summed E-state index contributed by atoms with van der Waals surface area (Å²) in [5.74, 6) is 0. The van der Waals surface area contributed by atoms with Crippen LogP contribution in [-0.2, 0) is 0 Å². The zero-order chi connectivity index (χ0) is 11.7. The number of piperidine rings is 1. The molecule has 3 nitrogen and oxygen atoms in total. The molecule has 0 amide bonds. The van der Waals surface area contributed by atoms with Crippen molar-refractivity contribution in [2.75, 3.05) is 33.2 Å². The first-order chi connectivity index (χ1) is 8.33. The van der Waals surface area contributed by atoms with E-state index in [4.69, 9.17) is 0 Å². The first-order valence-corrected chi connectivity index (χ1v) is 7.50. The number of likely N-dealkylation sites (N-methyl/N-ethyl adjacent to an activating group) is 1. The Balaban J connectivity index is 1.39. The lowest BCUT2D eigenvalue weighted by Crippen LogP contribution is -2.46. The van der Waals surface area contributed by atoms with Crippen LogP contribution < -0.4 is 5.32 Å². The van der Waals surface area contributed by atoms with Crippen LogP contribution in [0.5, 0.6) is 0 Å². The van der Waals surface area contributed by atoms with Gasteiger partial charge in [-0.15, -0.1) is 0 Å². The molecule has 1 aliphatic carbocycles.